The molecule has 0 aliphatic carbocycles. The van der Waals surface area contributed by atoms with E-state index in [2.05, 4.69) is 10.3 Å². The van der Waals surface area contributed by atoms with Crippen molar-refractivity contribution >= 4 is 5.91 Å². The number of aromatic nitrogens is 1. The van der Waals surface area contributed by atoms with Gasteiger partial charge in [-0.1, -0.05) is 12.1 Å². The van der Waals surface area contributed by atoms with Crippen molar-refractivity contribution < 1.29 is 19.7 Å². The van der Waals surface area contributed by atoms with E-state index in [1.807, 2.05) is 29.2 Å². The number of hydrogen-bond acceptors (Lipinski definition) is 6. The van der Waals surface area contributed by atoms with Crippen molar-refractivity contribution in [2.45, 2.75) is 13.0 Å². The third-order valence-corrected chi connectivity index (χ3v) is 3.94. The van der Waals surface area contributed by atoms with Gasteiger partial charge in [0.2, 0.25) is 0 Å². The molecular formula is C20H27N3O4. The van der Waals surface area contributed by atoms with Crippen molar-refractivity contribution in [3.05, 3.63) is 59.9 Å². The summed E-state index contributed by atoms with van der Waals surface area (Å²) in [5.41, 5.74) is 1.60. The molecule has 1 aromatic heterocycles. The van der Waals surface area contributed by atoms with Crippen molar-refractivity contribution in [3.8, 4) is 5.75 Å². The van der Waals surface area contributed by atoms with Crippen LogP contribution >= 0.6 is 0 Å². The summed E-state index contributed by atoms with van der Waals surface area (Å²) in [6.45, 7) is 2.80. The number of carbonyl (C=O) groups is 1. The van der Waals surface area contributed by atoms with Crippen molar-refractivity contribution in [1.82, 2.24) is 15.2 Å². The van der Waals surface area contributed by atoms with Crippen LogP contribution in [0.25, 0.3) is 0 Å². The molecule has 0 aliphatic rings. The number of ether oxygens (including phenoxy) is 1. The van der Waals surface area contributed by atoms with Crippen molar-refractivity contribution in [1.29, 1.82) is 0 Å². The number of nitrogens with zero attached hydrogens (tertiary/aromatic N) is 2. The summed E-state index contributed by atoms with van der Waals surface area (Å²) in [6, 6.07) is 11.2. The minimum atomic E-state index is -0.141. The third-order valence-electron chi connectivity index (χ3n) is 3.94. The van der Waals surface area contributed by atoms with Crippen LogP contribution in [0.2, 0.25) is 0 Å². The molecule has 1 aromatic carbocycles. The average molecular weight is 373 g/mol. The topological polar surface area (TPSA) is 94.9 Å². The van der Waals surface area contributed by atoms with Gasteiger partial charge in [-0.2, -0.15) is 0 Å². The summed E-state index contributed by atoms with van der Waals surface area (Å²) in [4.78, 5) is 17.8. The molecule has 2 aromatic rings. The van der Waals surface area contributed by atoms with Crippen LogP contribution in [-0.4, -0.2) is 65.5 Å². The molecule has 7 heteroatoms. The molecule has 0 radical (unpaired) electrons. The van der Waals surface area contributed by atoms with Gasteiger partial charge in [0, 0.05) is 38.6 Å². The molecule has 146 valence electrons. The Kier molecular flexibility index (Phi) is 9.26. The quantitative estimate of drug-likeness (QED) is 0.482. The molecule has 0 unspecified atom stereocenters. The zero-order valence-electron chi connectivity index (χ0n) is 15.4. The van der Waals surface area contributed by atoms with Gasteiger partial charge in [0.25, 0.3) is 5.91 Å². The van der Waals surface area contributed by atoms with Gasteiger partial charge in [-0.15, -0.1) is 0 Å². The maximum atomic E-state index is 11.9. The first kappa shape index (κ1) is 20.8. The number of amides is 1. The number of hydrogen-bond donors (Lipinski definition) is 3. The van der Waals surface area contributed by atoms with Gasteiger partial charge < -0.3 is 20.3 Å². The van der Waals surface area contributed by atoms with Crippen LogP contribution < -0.4 is 10.1 Å². The molecule has 0 saturated carbocycles. The Balaban J connectivity index is 1.72. The maximum Gasteiger partial charge on any atom is 0.252 e. The van der Waals surface area contributed by atoms with Crippen LogP contribution in [-0.2, 0) is 6.54 Å². The molecule has 1 heterocycles. The number of pyridine rings is 1. The number of nitrogens with one attached hydrogen (secondary N) is 1. The van der Waals surface area contributed by atoms with Crippen LogP contribution in [0, 0.1) is 0 Å². The fourth-order valence-corrected chi connectivity index (χ4v) is 2.61. The number of carbonyl (C=O) groups excluding carboxylic acids is 1. The average Bonchev–Trinajstić information content (AvgIpc) is 2.69. The van der Waals surface area contributed by atoms with E-state index in [0.29, 0.717) is 44.8 Å². The second kappa shape index (κ2) is 12.0. The predicted molar refractivity (Wildman–Crippen MR) is 103 cm³/mol. The molecule has 0 spiro atoms. The number of aliphatic hydroxyl groups excluding tert-OH is 2. The van der Waals surface area contributed by atoms with Crippen LogP contribution in [0.3, 0.4) is 0 Å². The molecule has 0 fully saturated rings. The summed E-state index contributed by atoms with van der Waals surface area (Å²) in [5, 5.41) is 21.0. The van der Waals surface area contributed by atoms with Gasteiger partial charge in [0.05, 0.1) is 25.4 Å². The Morgan fingerprint density at radius 1 is 1.15 bits per heavy atom. The van der Waals surface area contributed by atoms with Gasteiger partial charge >= 0.3 is 0 Å². The second-order valence-electron chi connectivity index (χ2n) is 6.07. The van der Waals surface area contributed by atoms with E-state index in [4.69, 9.17) is 14.9 Å². The highest BCUT2D eigenvalue weighted by molar-refractivity contribution is 5.93. The fraction of sp³-hybridized carbons (Fsp3) is 0.400. The summed E-state index contributed by atoms with van der Waals surface area (Å²) in [7, 11) is 0. The fourth-order valence-electron chi connectivity index (χ4n) is 2.61. The van der Waals surface area contributed by atoms with E-state index >= 15 is 0 Å². The minimum Gasteiger partial charge on any atom is -0.494 e. The zero-order valence-corrected chi connectivity index (χ0v) is 15.4. The largest absolute Gasteiger partial charge is 0.494 e. The van der Waals surface area contributed by atoms with Crippen molar-refractivity contribution in [3.63, 3.8) is 0 Å². The molecule has 2 rings (SSSR count). The highest BCUT2D eigenvalue weighted by Crippen LogP contribution is 2.15. The SMILES string of the molecule is O=C(NCCCOc1cccc(CN(CCO)CCO)c1)c1cccnc1. The van der Waals surface area contributed by atoms with E-state index in [9.17, 15) is 4.79 Å². The molecule has 3 N–H and O–H groups in total. The Bertz CT molecular complexity index is 676. The Labute approximate surface area is 159 Å². The van der Waals surface area contributed by atoms with Crippen molar-refractivity contribution in [2.75, 3.05) is 39.5 Å². The molecule has 7 nitrogen and oxygen atoms in total. The van der Waals surface area contributed by atoms with Gasteiger partial charge in [-0.05, 0) is 36.2 Å². The Hall–Kier alpha value is -2.48. The van der Waals surface area contributed by atoms with E-state index in [1.165, 1.54) is 6.20 Å². The molecule has 1 amide bonds. The summed E-state index contributed by atoms with van der Waals surface area (Å²) < 4.78 is 5.75. The standard InChI is InChI=1S/C20H27N3O4/c24-11-9-23(10-12-25)16-17-4-1-6-19(14-17)27-13-3-8-22-20(26)18-5-2-7-21-15-18/h1-2,4-7,14-15,24-25H,3,8-13,16H2,(H,22,26). The van der Waals surface area contributed by atoms with Gasteiger partial charge in [-0.3, -0.25) is 14.7 Å². The van der Waals surface area contributed by atoms with E-state index < -0.39 is 0 Å². The second-order valence-corrected chi connectivity index (χ2v) is 6.07. The van der Waals surface area contributed by atoms with Crippen LogP contribution in [0.1, 0.15) is 22.3 Å². The van der Waals surface area contributed by atoms with Crippen LogP contribution in [0.4, 0.5) is 0 Å². The molecule has 0 aliphatic heterocycles. The van der Waals surface area contributed by atoms with Gasteiger partial charge in [0.1, 0.15) is 5.75 Å². The van der Waals surface area contributed by atoms with Crippen LogP contribution in [0.15, 0.2) is 48.8 Å². The lowest BCUT2D eigenvalue weighted by Crippen LogP contribution is -2.29. The Morgan fingerprint density at radius 2 is 1.96 bits per heavy atom. The molecule has 27 heavy (non-hydrogen) atoms. The minimum absolute atomic E-state index is 0.0565. The predicted octanol–water partition coefficient (Wildman–Crippen LogP) is 1.07. The summed E-state index contributed by atoms with van der Waals surface area (Å²) in [5.74, 6) is 0.622. The van der Waals surface area contributed by atoms with Crippen molar-refractivity contribution in [2.24, 2.45) is 0 Å². The highest BCUT2D eigenvalue weighted by atomic mass is 16.5. The number of aliphatic hydroxyl groups is 2. The lowest BCUT2D eigenvalue weighted by atomic mass is 10.2. The van der Waals surface area contributed by atoms with Crippen LogP contribution in [0.5, 0.6) is 5.75 Å². The lowest BCUT2D eigenvalue weighted by Gasteiger charge is -2.20. The molecule has 0 saturated heterocycles. The zero-order chi connectivity index (χ0) is 19.3. The van der Waals surface area contributed by atoms with Gasteiger partial charge in [-0.25, -0.2) is 0 Å². The maximum absolute atomic E-state index is 11.9. The van der Waals surface area contributed by atoms with E-state index in [1.54, 1.807) is 18.3 Å². The first-order valence-electron chi connectivity index (χ1n) is 9.07. The number of benzene rings is 1. The molecular weight excluding hydrogens is 346 g/mol. The number of rotatable bonds is 12. The normalized spacial score (nSPS) is 10.8. The van der Waals surface area contributed by atoms with E-state index in [-0.39, 0.29) is 19.1 Å². The Morgan fingerprint density at radius 3 is 2.67 bits per heavy atom. The monoisotopic (exact) mass is 373 g/mol. The summed E-state index contributed by atoms with van der Waals surface area (Å²) in [6.07, 6.45) is 3.86. The van der Waals surface area contributed by atoms with Gasteiger partial charge in [0.15, 0.2) is 0 Å². The first-order valence-corrected chi connectivity index (χ1v) is 9.07. The summed E-state index contributed by atoms with van der Waals surface area (Å²) >= 11 is 0. The third kappa shape index (κ3) is 7.74. The molecule has 0 bridgehead atoms. The first-order chi connectivity index (χ1) is 13.2. The highest BCUT2D eigenvalue weighted by Gasteiger charge is 2.06. The lowest BCUT2D eigenvalue weighted by molar-refractivity contribution is 0.0951. The van der Waals surface area contributed by atoms with E-state index in [0.717, 1.165) is 11.3 Å². The molecule has 0 atom stereocenters. The smallest absolute Gasteiger partial charge is 0.252 e.